The zero-order valence-electron chi connectivity index (χ0n) is 12.4. The summed E-state index contributed by atoms with van der Waals surface area (Å²) < 4.78 is 6.11. The molecule has 0 bridgehead atoms. The van der Waals surface area contributed by atoms with Crippen LogP contribution in [0.5, 0.6) is 5.75 Å². The molecule has 2 heteroatoms. The Morgan fingerprint density at radius 2 is 1.80 bits per heavy atom. The Hall–Kier alpha value is -1.96. The van der Waals surface area contributed by atoms with E-state index in [-0.39, 0.29) is 6.10 Å². The van der Waals surface area contributed by atoms with Crippen LogP contribution in [0.1, 0.15) is 22.3 Å². The van der Waals surface area contributed by atoms with Crippen LogP contribution < -0.4 is 10.1 Å². The van der Waals surface area contributed by atoms with E-state index in [0.717, 1.165) is 24.4 Å². The van der Waals surface area contributed by atoms with E-state index in [4.69, 9.17) is 4.74 Å². The number of hydrogen-bond acceptors (Lipinski definition) is 2. The Balaban J connectivity index is 1.75. The number of fused-ring (bicyclic) bond motifs is 1. The van der Waals surface area contributed by atoms with Crippen molar-refractivity contribution in [2.45, 2.75) is 33.3 Å². The van der Waals surface area contributed by atoms with Crippen molar-refractivity contribution in [2.75, 3.05) is 11.9 Å². The molecule has 1 unspecified atom stereocenters. The summed E-state index contributed by atoms with van der Waals surface area (Å²) in [4.78, 5) is 0. The van der Waals surface area contributed by atoms with Gasteiger partial charge in [0.05, 0.1) is 12.2 Å². The van der Waals surface area contributed by atoms with Gasteiger partial charge in [-0.05, 0) is 49.6 Å². The van der Waals surface area contributed by atoms with Crippen LogP contribution in [0.3, 0.4) is 0 Å². The lowest BCUT2D eigenvalue weighted by molar-refractivity contribution is 0.206. The summed E-state index contributed by atoms with van der Waals surface area (Å²) in [5, 5.41) is 3.48. The highest BCUT2D eigenvalue weighted by atomic mass is 16.5. The van der Waals surface area contributed by atoms with E-state index in [1.54, 1.807) is 0 Å². The standard InChI is InChI=1S/C18H21NO/c1-12-4-6-15(14(3)8-12)10-16-11-19-17-9-13(2)5-7-18(17)20-16/h4-9,16,19H,10-11H2,1-3H3. The number of benzene rings is 2. The fourth-order valence-corrected chi connectivity index (χ4v) is 2.76. The quantitative estimate of drug-likeness (QED) is 0.887. The van der Waals surface area contributed by atoms with E-state index in [9.17, 15) is 0 Å². The topological polar surface area (TPSA) is 21.3 Å². The summed E-state index contributed by atoms with van der Waals surface area (Å²) in [7, 11) is 0. The third-order valence-electron chi connectivity index (χ3n) is 3.89. The zero-order chi connectivity index (χ0) is 14.1. The molecule has 20 heavy (non-hydrogen) atoms. The predicted molar refractivity (Wildman–Crippen MR) is 83.7 cm³/mol. The van der Waals surface area contributed by atoms with Crippen LogP contribution in [0.4, 0.5) is 5.69 Å². The molecule has 2 nitrogen and oxygen atoms in total. The monoisotopic (exact) mass is 267 g/mol. The molecule has 0 spiro atoms. The SMILES string of the molecule is Cc1ccc(CC2CNc3cc(C)ccc3O2)c(C)c1. The number of nitrogens with one attached hydrogen (secondary N) is 1. The first-order chi connectivity index (χ1) is 9.61. The lowest BCUT2D eigenvalue weighted by Gasteiger charge is -2.28. The summed E-state index contributed by atoms with van der Waals surface area (Å²) in [5.41, 5.74) is 6.41. The average molecular weight is 267 g/mol. The molecule has 0 aliphatic carbocycles. The van der Waals surface area contributed by atoms with E-state index in [1.807, 2.05) is 0 Å². The Morgan fingerprint density at radius 1 is 1.05 bits per heavy atom. The highest BCUT2D eigenvalue weighted by Crippen LogP contribution is 2.30. The molecule has 0 aromatic heterocycles. The Labute approximate surface area is 120 Å². The van der Waals surface area contributed by atoms with Gasteiger partial charge in [0.25, 0.3) is 0 Å². The largest absolute Gasteiger partial charge is 0.486 e. The second-order valence-electron chi connectivity index (χ2n) is 5.75. The van der Waals surface area contributed by atoms with Crippen LogP contribution in [-0.4, -0.2) is 12.6 Å². The third-order valence-corrected chi connectivity index (χ3v) is 3.89. The fraction of sp³-hybridized carbons (Fsp3) is 0.333. The maximum Gasteiger partial charge on any atom is 0.142 e. The second kappa shape index (κ2) is 5.20. The van der Waals surface area contributed by atoms with Gasteiger partial charge >= 0.3 is 0 Å². The lowest BCUT2D eigenvalue weighted by Crippen LogP contribution is -2.32. The fourth-order valence-electron chi connectivity index (χ4n) is 2.76. The Bertz CT molecular complexity index is 633. The van der Waals surface area contributed by atoms with Crippen molar-refractivity contribution in [1.29, 1.82) is 0 Å². The predicted octanol–water partition coefficient (Wildman–Crippen LogP) is 4.03. The van der Waals surface area contributed by atoms with E-state index >= 15 is 0 Å². The van der Waals surface area contributed by atoms with Crippen molar-refractivity contribution < 1.29 is 4.74 Å². The smallest absolute Gasteiger partial charge is 0.142 e. The number of rotatable bonds is 2. The van der Waals surface area contributed by atoms with E-state index < -0.39 is 0 Å². The Kier molecular flexibility index (Phi) is 3.39. The lowest BCUT2D eigenvalue weighted by atomic mass is 9.99. The molecule has 0 radical (unpaired) electrons. The van der Waals surface area contributed by atoms with Gasteiger partial charge in [0.2, 0.25) is 0 Å². The molecule has 1 aliphatic heterocycles. The van der Waals surface area contributed by atoms with Gasteiger partial charge in [-0.1, -0.05) is 29.8 Å². The maximum absolute atomic E-state index is 6.11. The molecule has 0 amide bonds. The highest BCUT2D eigenvalue weighted by Gasteiger charge is 2.20. The van der Waals surface area contributed by atoms with Gasteiger partial charge in [0.1, 0.15) is 11.9 Å². The van der Waals surface area contributed by atoms with Crippen LogP contribution in [0.15, 0.2) is 36.4 Å². The molecular formula is C18H21NO. The summed E-state index contributed by atoms with van der Waals surface area (Å²) in [6, 6.07) is 12.9. The third kappa shape index (κ3) is 2.64. The molecule has 0 saturated heterocycles. The van der Waals surface area contributed by atoms with Crippen molar-refractivity contribution in [3.63, 3.8) is 0 Å². The van der Waals surface area contributed by atoms with Crippen LogP contribution in [0.2, 0.25) is 0 Å². The number of hydrogen-bond donors (Lipinski definition) is 1. The van der Waals surface area contributed by atoms with Crippen LogP contribution in [-0.2, 0) is 6.42 Å². The minimum absolute atomic E-state index is 0.201. The number of anilines is 1. The van der Waals surface area contributed by atoms with Gasteiger partial charge in [0, 0.05) is 6.42 Å². The van der Waals surface area contributed by atoms with E-state index in [2.05, 4.69) is 62.5 Å². The minimum Gasteiger partial charge on any atom is -0.486 e. The second-order valence-corrected chi connectivity index (χ2v) is 5.75. The van der Waals surface area contributed by atoms with Gasteiger partial charge in [0.15, 0.2) is 0 Å². The first-order valence-corrected chi connectivity index (χ1v) is 7.19. The van der Waals surface area contributed by atoms with Crippen molar-refractivity contribution in [3.05, 3.63) is 58.7 Å². The Morgan fingerprint density at radius 3 is 2.60 bits per heavy atom. The molecule has 104 valence electrons. The number of aryl methyl sites for hydroxylation is 3. The van der Waals surface area contributed by atoms with Gasteiger partial charge in [-0.2, -0.15) is 0 Å². The first-order valence-electron chi connectivity index (χ1n) is 7.19. The van der Waals surface area contributed by atoms with Crippen molar-refractivity contribution in [3.8, 4) is 5.75 Å². The van der Waals surface area contributed by atoms with Crippen molar-refractivity contribution in [2.24, 2.45) is 0 Å². The molecular weight excluding hydrogens is 246 g/mol. The molecule has 0 fully saturated rings. The molecule has 0 saturated carbocycles. The number of ether oxygens (including phenoxy) is 1. The average Bonchev–Trinajstić information content (AvgIpc) is 2.42. The molecule has 1 atom stereocenters. The van der Waals surface area contributed by atoms with Gasteiger partial charge in [-0.25, -0.2) is 0 Å². The maximum atomic E-state index is 6.11. The van der Waals surface area contributed by atoms with Crippen LogP contribution in [0.25, 0.3) is 0 Å². The summed E-state index contributed by atoms with van der Waals surface area (Å²) in [6.45, 7) is 7.28. The van der Waals surface area contributed by atoms with Crippen molar-refractivity contribution in [1.82, 2.24) is 0 Å². The minimum atomic E-state index is 0.201. The molecule has 2 aromatic rings. The molecule has 3 rings (SSSR count). The van der Waals surface area contributed by atoms with Crippen LogP contribution in [0, 0.1) is 20.8 Å². The summed E-state index contributed by atoms with van der Waals surface area (Å²) >= 11 is 0. The first kappa shape index (κ1) is 13.0. The molecule has 1 N–H and O–H groups in total. The van der Waals surface area contributed by atoms with E-state index in [0.29, 0.717) is 0 Å². The van der Waals surface area contributed by atoms with Gasteiger partial charge < -0.3 is 10.1 Å². The van der Waals surface area contributed by atoms with Crippen molar-refractivity contribution >= 4 is 5.69 Å². The zero-order valence-corrected chi connectivity index (χ0v) is 12.4. The molecule has 1 heterocycles. The molecule has 1 aliphatic rings. The van der Waals surface area contributed by atoms with Crippen LogP contribution >= 0.6 is 0 Å². The summed E-state index contributed by atoms with van der Waals surface area (Å²) in [6.07, 6.45) is 1.15. The molecule has 2 aromatic carbocycles. The van der Waals surface area contributed by atoms with Gasteiger partial charge in [-0.15, -0.1) is 0 Å². The highest BCUT2D eigenvalue weighted by molar-refractivity contribution is 5.59. The van der Waals surface area contributed by atoms with E-state index in [1.165, 1.54) is 22.3 Å². The van der Waals surface area contributed by atoms with Gasteiger partial charge in [-0.3, -0.25) is 0 Å². The summed E-state index contributed by atoms with van der Waals surface area (Å²) in [5.74, 6) is 0.969. The normalized spacial score (nSPS) is 17.1.